The Kier molecular flexibility index (Phi) is 3.41. The van der Waals surface area contributed by atoms with Gasteiger partial charge >= 0.3 is 0 Å². The average molecular weight is 297 g/mol. The van der Waals surface area contributed by atoms with Crippen LogP contribution in [0.15, 0.2) is 40.2 Å². The number of ketones is 1. The first-order chi connectivity index (χ1) is 7.70. The van der Waals surface area contributed by atoms with Gasteiger partial charge in [0.15, 0.2) is 0 Å². The Balaban J connectivity index is 2.27. The summed E-state index contributed by atoms with van der Waals surface area (Å²) < 4.78 is 5.98. The molecule has 0 aliphatic carbocycles. The molecule has 1 aromatic carbocycles. The number of rotatable bonds is 3. The second-order valence-electron chi connectivity index (χ2n) is 3.19. The second-order valence-corrected chi connectivity index (χ2v) is 5.01. The SMILES string of the molecule is COc1ccc(C(=O)c2cc(Br)cs2)cc1. The summed E-state index contributed by atoms with van der Waals surface area (Å²) in [6, 6.07) is 8.95. The highest BCUT2D eigenvalue weighted by molar-refractivity contribution is 9.10. The van der Waals surface area contributed by atoms with Crippen LogP contribution in [0.1, 0.15) is 15.2 Å². The molecule has 0 unspecified atom stereocenters. The Labute approximate surface area is 106 Å². The molecule has 0 atom stereocenters. The number of hydrogen-bond acceptors (Lipinski definition) is 3. The van der Waals surface area contributed by atoms with Crippen molar-refractivity contribution in [3.8, 4) is 5.75 Å². The van der Waals surface area contributed by atoms with E-state index in [4.69, 9.17) is 4.74 Å². The highest BCUT2D eigenvalue weighted by Crippen LogP contribution is 2.23. The molecular formula is C12H9BrO2S. The van der Waals surface area contributed by atoms with Crippen molar-refractivity contribution in [3.63, 3.8) is 0 Å². The lowest BCUT2D eigenvalue weighted by Crippen LogP contribution is -1.98. The van der Waals surface area contributed by atoms with Gasteiger partial charge in [-0.05, 0) is 46.3 Å². The van der Waals surface area contributed by atoms with Crippen LogP contribution in [0, 0.1) is 0 Å². The van der Waals surface area contributed by atoms with Gasteiger partial charge in [-0.3, -0.25) is 4.79 Å². The molecule has 82 valence electrons. The molecule has 1 aromatic heterocycles. The minimum Gasteiger partial charge on any atom is -0.497 e. The molecule has 0 spiro atoms. The summed E-state index contributed by atoms with van der Waals surface area (Å²) in [4.78, 5) is 12.7. The Morgan fingerprint density at radius 2 is 2.00 bits per heavy atom. The fourth-order valence-electron chi connectivity index (χ4n) is 1.32. The fourth-order valence-corrected chi connectivity index (χ4v) is 2.71. The van der Waals surface area contributed by atoms with Crippen LogP contribution < -0.4 is 4.74 Å². The van der Waals surface area contributed by atoms with Crippen molar-refractivity contribution in [1.82, 2.24) is 0 Å². The third-order valence-corrected chi connectivity index (χ3v) is 3.83. The summed E-state index contributed by atoms with van der Waals surface area (Å²) >= 11 is 4.77. The molecule has 0 saturated heterocycles. The summed E-state index contributed by atoms with van der Waals surface area (Å²) in [6.07, 6.45) is 0. The van der Waals surface area contributed by atoms with Gasteiger partial charge in [-0.15, -0.1) is 11.3 Å². The maximum atomic E-state index is 12.0. The van der Waals surface area contributed by atoms with Crippen LogP contribution in [0.2, 0.25) is 0 Å². The molecule has 0 saturated carbocycles. The maximum Gasteiger partial charge on any atom is 0.202 e. The number of carbonyl (C=O) groups excluding carboxylic acids is 1. The normalized spacial score (nSPS) is 10.1. The molecule has 0 fully saturated rings. The summed E-state index contributed by atoms with van der Waals surface area (Å²) in [5.41, 5.74) is 0.676. The predicted molar refractivity (Wildman–Crippen MR) is 68.4 cm³/mol. The van der Waals surface area contributed by atoms with Crippen LogP contribution in [0.3, 0.4) is 0 Å². The number of methoxy groups -OCH3 is 1. The first kappa shape index (κ1) is 11.4. The molecule has 2 nitrogen and oxygen atoms in total. The molecule has 0 amide bonds. The van der Waals surface area contributed by atoms with E-state index in [2.05, 4.69) is 15.9 Å². The van der Waals surface area contributed by atoms with Gasteiger partial charge in [0.1, 0.15) is 5.75 Å². The topological polar surface area (TPSA) is 26.3 Å². The maximum absolute atomic E-state index is 12.0. The predicted octanol–water partition coefficient (Wildman–Crippen LogP) is 3.75. The molecule has 2 aromatic rings. The molecule has 16 heavy (non-hydrogen) atoms. The van der Waals surface area contributed by atoms with E-state index >= 15 is 0 Å². The molecule has 4 heteroatoms. The lowest BCUT2D eigenvalue weighted by Gasteiger charge is -2.01. The van der Waals surface area contributed by atoms with Gasteiger partial charge in [0.2, 0.25) is 5.78 Å². The summed E-state index contributed by atoms with van der Waals surface area (Å²) in [5.74, 6) is 0.794. The van der Waals surface area contributed by atoms with Crippen molar-refractivity contribution in [2.45, 2.75) is 0 Å². The lowest BCUT2D eigenvalue weighted by atomic mass is 10.1. The molecule has 1 heterocycles. The summed E-state index contributed by atoms with van der Waals surface area (Å²) in [5, 5.41) is 1.90. The molecule has 0 aliphatic heterocycles. The third-order valence-electron chi connectivity index (χ3n) is 2.14. The zero-order valence-corrected chi connectivity index (χ0v) is 11.0. The van der Waals surface area contributed by atoms with E-state index in [9.17, 15) is 4.79 Å². The minimum absolute atomic E-state index is 0.0401. The average Bonchev–Trinajstić information content (AvgIpc) is 2.75. The van der Waals surface area contributed by atoms with E-state index in [1.165, 1.54) is 11.3 Å². The Hall–Kier alpha value is -1.13. The van der Waals surface area contributed by atoms with Gasteiger partial charge in [0.25, 0.3) is 0 Å². The van der Waals surface area contributed by atoms with E-state index in [0.717, 1.165) is 15.1 Å². The van der Waals surface area contributed by atoms with Crippen LogP contribution in [0.25, 0.3) is 0 Å². The first-order valence-electron chi connectivity index (χ1n) is 4.63. The monoisotopic (exact) mass is 296 g/mol. The first-order valence-corrected chi connectivity index (χ1v) is 6.31. The molecule has 2 rings (SSSR count). The van der Waals surface area contributed by atoms with Crippen molar-refractivity contribution < 1.29 is 9.53 Å². The van der Waals surface area contributed by atoms with Crippen molar-refractivity contribution >= 4 is 33.0 Å². The zero-order chi connectivity index (χ0) is 11.5. The summed E-state index contributed by atoms with van der Waals surface area (Å²) in [6.45, 7) is 0. The molecule has 0 radical (unpaired) electrons. The van der Waals surface area contributed by atoms with E-state index in [-0.39, 0.29) is 5.78 Å². The summed E-state index contributed by atoms with van der Waals surface area (Å²) in [7, 11) is 1.60. The van der Waals surface area contributed by atoms with Gasteiger partial charge < -0.3 is 4.74 Å². The van der Waals surface area contributed by atoms with Crippen molar-refractivity contribution in [1.29, 1.82) is 0 Å². The molecule has 0 aliphatic rings. The number of halogens is 1. The van der Waals surface area contributed by atoms with Crippen molar-refractivity contribution in [2.24, 2.45) is 0 Å². The Bertz CT molecular complexity index is 502. The highest BCUT2D eigenvalue weighted by Gasteiger charge is 2.11. The van der Waals surface area contributed by atoms with E-state index in [1.807, 2.05) is 11.4 Å². The Morgan fingerprint density at radius 3 is 2.50 bits per heavy atom. The van der Waals surface area contributed by atoms with Crippen LogP contribution in [0.5, 0.6) is 5.75 Å². The molecule has 0 N–H and O–H groups in total. The third kappa shape index (κ3) is 2.33. The smallest absolute Gasteiger partial charge is 0.202 e. The highest BCUT2D eigenvalue weighted by atomic mass is 79.9. The minimum atomic E-state index is 0.0401. The second kappa shape index (κ2) is 4.80. The van der Waals surface area contributed by atoms with Gasteiger partial charge in [-0.1, -0.05) is 0 Å². The van der Waals surface area contributed by atoms with Crippen molar-refractivity contribution in [3.05, 3.63) is 50.6 Å². The number of ether oxygens (including phenoxy) is 1. The van der Waals surface area contributed by atoms with Crippen LogP contribution in [-0.2, 0) is 0 Å². The lowest BCUT2D eigenvalue weighted by molar-refractivity contribution is 0.104. The molecular weight excluding hydrogens is 288 g/mol. The number of benzene rings is 1. The number of hydrogen-bond donors (Lipinski definition) is 0. The molecule has 0 bridgehead atoms. The standard InChI is InChI=1S/C12H9BrO2S/c1-15-10-4-2-8(3-5-10)12(14)11-6-9(13)7-16-11/h2-7H,1H3. The quantitative estimate of drug-likeness (QED) is 0.807. The van der Waals surface area contributed by atoms with Gasteiger partial charge in [-0.25, -0.2) is 0 Å². The van der Waals surface area contributed by atoms with E-state index in [1.54, 1.807) is 31.4 Å². The van der Waals surface area contributed by atoms with Crippen LogP contribution in [0.4, 0.5) is 0 Å². The number of thiophene rings is 1. The zero-order valence-electron chi connectivity index (χ0n) is 8.57. The van der Waals surface area contributed by atoms with Gasteiger partial charge in [0.05, 0.1) is 12.0 Å². The van der Waals surface area contributed by atoms with Crippen LogP contribution in [-0.4, -0.2) is 12.9 Å². The van der Waals surface area contributed by atoms with Gasteiger partial charge in [-0.2, -0.15) is 0 Å². The number of carbonyl (C=O) groups is 1. The van der Waals surface area contributed by atoms with E-state index < -0.39 is 0 Å². The fraction of sp³-hybridized carbons (Fsp3) is 0.0833. The largest absolute Gasteiger partial charge is 0.497 e. The van der Waals surface area contributed by atoms with Gasteiger partial charge in [0, 0.05) is 15.4 Å². The van der Waals surface area contributed by atoms with Crippen LogP contribution >= 0.6 is 27.3 Å². The van der Waals surface area contributed by atoms with E-state index in [0.29, 0.717) is 5.56 Å². The Morgan fingerprint density at radius 1 is 1.31 bits per heavy atom. The van der Waals surface area contributed by atoms with Crippen molar-refractivity contribution in [2.75, 3.05) is 7.11 Å².